The van der Waals surface area contributed by atoms with E-state index in [1.165, 1.54) is 6.07 Å². The summed E-state index contributed by atoms with van der Waals surface area (Å²) in [5.74, 6) is -7.49. The SMILES string of the molecule is CCC[C@H](NC(=O)[C@H](CC(C)C)NC(=O)[C@@H](NC(=O)c1cccc(C)c1C(=O)O)C1CCCCC1)C(=O)C(=O)NCC(=O)N[C@H](C(N)=O)c1ccccc1. The molecule has 15 heteroatoms. The van der Waals surface area contributed by atoms with Crippen LogP contribution < -0.4 is 32.3 Å². The van der Waals surface area contributed by atoms with Crippen molar-refractivity contribution in [3.05, 3.63) is 70.8 Å². The fraction of sp³-hybridized carbons (Fsp3) is 0.487. The Morgan fingerprint density at radius 2 is 1.46 bits per heavy atom. The largest absolute Gasteiger partial charge is 0.478 e. The van der Waals surface area contributed by atoms with Crippen molar-refractivity contribution in [3.63, 3.8) is 0 Å². The maximum atomic E-state index is 14.0. The van der Waals surface area contributed by atoms with Crippen LogP contribution in [0.4, 0.5) is 0 Å². The second kappa shape index (κ2) is 20.6. The highest BCUT2D eigenvalue weighted by Gasteiger charge is 2.36. The van der Waals surface area contributed by atoms with Gasteiger partial charge in [0.05, 0.1) is 23.7 Å². The number of rotatable bonds is 19. The predicted molar refractivity (Wildman–Crippen MR) is 199 cm³/mol. The second-order valence-corrected chi connectivity index (χ2v) is 14.1. The molecule has 1 saturated carbocycles. The lowest BCUT2D eigenvalue weighted by molar-refractivity contribution is -0.141. The zero-order chi connectivity index (χ0) is 39.9. The fourth-order valence-corrected chi connectivity index (χ4v) is 6.60. The lowest BCUT2D eigenvalue weighted by atomic mass is 9.83. The van der Waals surface area contributed by atoms with Crippen LogP contribution in [0.3, 0.4) is 0 Å². The van der Waals surface area contributed by atoms with Crippen molar-refractivity contribution >= 4 is 47.2 Å². The Morgan fingerprint density at radius 3 is 2.06 bits per heavy atom. The minimum Gasteiger partial charge on any atom is -0.478 e. The fourth-order valence-electron chi connectivity index (χ4n) is 6.60. The molecule has 15 nitrogen and oxygen atoms in total. The van der Waals surface area contributed by atoms with Gasteiger partial charge in [0, 0.05) is 0 Å². The van der Waals surface area contributed by atoms with Crippen molar-refractivity contribution < 1.29 is 43.5 Å². The molecule has 0 saturated heterocycles. The number of nitrogens with one attached hydrogen (secondary N) is 5. The van der Waals surface area contributed by atoms with Crippen LogP contribution in [0.1, 0.15) is 110 Å². The zero-order valence-electron chi connectivity index (χ0n) is 31.2. The molecule has 1 aliphatic carbocycles. The average molecular weight is 749 g/mol. The van der Waals surface area contributed by atoms with Crippen LogP contribution in [0.25, 0.3) is 0 Å². The lowest BCUT2D eigenvalue weighted by Crippen LogP contribution is -2.58. The summed E-state index contributed by atoms with van der Waals surface area (Å²) >= 11 is 0. The van der Waals surface area contributed by atoms with Gasteiger partial charge in [0.1, 0.15) is 18.1 Å². The number of primary amides is 1. The maximum Gasteiger partial charge on any atom is 0.336 e. The third kappa shape index (κ3) is 12.2. The summed E-state index contributed by atoms with van der Waals surface area (Å²) in [4.78, 5) is 104. The molecule has 0 spiro atoms. The molecular weight excluding hydrogens is 696 g/mol. The molecule has 8 N–H and O–H groups in total. The Hall–Kier alpha value is -5.60. The summed E-state index contributed by atoms with van der Waals surface area (Å²) in [6.07, 6.45) is 4.52. The first-order chi connectivity index (χ1) is 25.6. The Kier molecular flexibility index (Phi) is 16.3. The summed E-state index contributed by atoms with van der Waals surface area (Å²) in [6, 6.07) is 8.07. The Balaban J connectivity index is 1.74. The van der Waals surface area contributed by atoms with Crippen molar-refractivity contribution in [1.82, 2.24) is 26.6 Å². The van der Waals surface area contributed by atoms with E-state index in [1.807, 2.05) is 13.8 Å². The molecule has 0 radical (unpaired) electrons. The van der Waals surface area contributed by atoms with E-state index in [9.17, 15) is 43.5 Å². The van der Waals surface area contributed by atoms with Gasteiger partial charge in [0.15, 0.2) is 0 Å². The van der Waals surface area contributed by atoms with E-state index in [4.69, 9.17) is 5.73 Å². The van der Waals surface area contributed by atoms with E-state index in [0.717, 1.165) is 19.3 Å². The van der Waals surface area contributed by atoms with Crippen LogP contribution >= 0.6 is 0 Å². The van der Waals surface area contributed by atoms with E-state index in [0.29, 0.717) is 30.4 Å². The molecule has 3 rings (SSSR count). The molecule has 54 heavy (non-hydrogen) atoms. The molecule has 2 aromatic carbocycles. The number of carboxylic acid groups (broad SMARTS) is 1. The van der Waals surface area contributed by atoms with Crippen molar-refractivity contribution in [2.24, 2.45) is 17.6 Å². The van der Waals surface area contributed by atoms with Crippen LogP contribution in [-0.4, -0.2) is 77.0 Å². The average Bonchev–Trinajstić information content (AvgIpc) is 3.14. The van der Waals surface area contributed by atoms with E-state index in [-0.39, 0.29) is 35.8 Å². The Bertz CT molecular complexity index is 1690. The van der Waals surface area contributed by atoms with E-state index in [1.54, 1.807) is 56.3 Å². The normalized spacial score (nSPS) is 15.1. The van der Waals surface area contributed by atoms with Crippen LogP contribution in [0.5, 0.6) is 0 Å². The standard InChI is InChI=1S/C39H52N6O9/c1-5-13-27(33(47)38(52)41-21-29(46)44-31(34(40)48)24-15-8-6-9-16-24)42-36(50)28(20-22(2)3)43-37(51)32(25-17-10-7-11-18-25)45-35(49)26-19-12-14-23(4)30(26)39(53)54/h6,8-9,12,14-16,19,22,25,27-28,31-32H,5,7,10-11,13,17-18,20-21H2,1-4H3,(H2,40,48)(H,41,52)(H,42,50)(H,43,51)(H,44,46)(H,45,49)(H,53,54)/t27-,28-,31-,32-/m0/s1. The summed E-state index contributed by atoms with van der Waals surface area (Å²) in [7, 11) is 0. The summed E-state index contributed by atoms with van der Waals surface area (Å²) in [6.45, 7) is 6.36. The second-order valence-electron chi connectivity index (χ2n) is 14.1. The van der Waals surface area contributed by atoms with Crippen LogP contribution in [0.2, 0.25) is 0 Å². The van der Waals surface area contributed by atoms with E-state index < -0.39 is 77.9 Å². The molecule has 0 heterocycles. The number of nitrogens with two attached hydrogens (primary N) is 1. The predicted octanol–water partition coefficient (Wildman–Crippen LogP) is 2.22. The number of carboxylic acids is 1. The number of carbonyl (C=O) groups excluding carboxylic acids is 7. The van der Waals surface area contributed by atoms with E-state index >= 15 is 0 Å². The van der Waals surface area contributed by atoms with Crippen molar-refractivity contribution in [1.29, 1.82) is 0 Å². The topological polar surface area (TPSA) is 243 Å². The van der Waals surface area contributed by atoms with Gasteiger partial charge < -0.3 is 37.4 Å². The molecule has 1 aliphatic rings. The first-order valence-corrected chi connectivity index (χ1v) is 18.3. The Morgan fingerprint density at radius 1 is 0.815 bits per heavy atom. The van der Waals surface area contributed by atoms with Gasteiger partial charge in [0.2, 0.25) is 29.4 Å². The number of Topliss-reactive ketones (excluding diaryl/α,β-unsaturated/α-hetero) is 1. The minimum absolute atomic E-state index is 0.0768. The van der Waals surface area contributed by atoms with Gasteiger partial charge in [-0.2, -0.15) is 0 Å². The number of hydrogen-bond acceptors (Lipinski definition) is 8. The monoisotopic (exact) mass is 748 g/mol. The summed E-state index contributed by atoms with van der Waals surface area (Å²) in [5.41, 5.74) is 6.00. The minimum atomic E-state index is -1.29. The molecule has 0 bridgehead atoms. The molecule has 292 valence electrons. The van der Waals surface area contributed by atoms with Crippen LogP contribution in [0, 0.1) is 18.8 Å². The Labute approximate surface area is 315 Å². The van der Waals surface area contributed by atoms with Gasteiger partial charge in [-0.15, -0.1) is 0 Å². The number of aryl methyl sites for hydroxylation is 1. The molecule has 2 aromatic rings. The highest BCUT2D eigenvalue weighted by atomic mass is 16.4. The van der Waals surface area contributed by atoms with Crippen molar-refractivity contribution in [3.8, 4) is 0 Å². The molecule has 6 amide bonds. The highest BCUT2D eigenvalue weighted by molar-refractivity contribution is 6.38. The third-order valence-corrected chi connectivity index (χ3v) is 9.33. The smallest absolute Gasteiger partial charge is 0.336 e. The molecule has 0 unspecified atom stereocenters. The van der Waals surface area contributed by atoms with Gasteiger partial charge in [-0.1, -0.05) is 88.9 Å². The van der Waals surface area contributed by atoms with Crippen molar-refractivity contribution in [2.75, 3.05) is 6.54 Å². The van der Waals surface area contributed by atoms with Gasteiger partial charge in [-0.25, -0.2) is 4.79 Å². The third-order valence-electron chi connectivity index (χ3n) is 9.33. The maximum absolute atomic E-state index is 14.0. The number of hydrogen-bond donors (Lipinski definition) is 7. The van der Waals surface area contributed by atoms with E-state index in [2.05, 4.69) is 26.6 Å². The quantitative estimate of drug-likeness (QED) is 0.104. The molecular formula is C39H52N6O9. The van der Waals surface area contributed by atoms with Gasteiger partial charge in [0.25, 0.3) is 11.8 Å². The number of benzene rings is 2. The molecule has 0 aromatic heterocycles. The number of aromatic carboxylic acids is 1. The molecule has 1 fully saturated rings. The summed E-state index contributed by atoms with van der Waals surface area (Å²) in [5, 5.41) is 22.6. The first-order valence-electron chi connectivity index (χ1n) is 18.3. The van der Waals surface area contributed by atoms with Gasteiger partial charge in [-0.05, 0) is 61.6 Å². The number of ketones is 1. The van der Waals surface area contributed by atoms with Crippen LogP contribution in [0.15, 0.2) is 48.5 Å². The van der Waals surface area contributed by atoms with Crippen LogP contribution in [-0.2, 0) is 28.8 Å². The van der Waals surface area contributed by atoms with Gasteiger partial charge >= 0.3 is 5.97 Å². The first kappa shape index (κ1) is 42.8. The highest BCUT2D eigenvalue weighted by Crippen LogP contribution is 2.27. The zero-order valence-corrected chi connectivity index (χ0v) is 31.2. The van der Waals surface area contributed by atoms with Crippen molar-refractivity contribution in [2.45, 2.75) is 103 Å². The lowest BCUT2D eigenvalue weighted by Gasteiger charge is -2.32. The number of amides is 6. The van der Waals surface area contributed by atoms with Gasteiger partial charge in [-0.3, -0.25) is 33.6 Å². The summed E-state index contributed by atoms with van der Waals surface area (Å²) < 4.78 is 0. The molecule has 0 aliphatic heterocycles. The molecule has 4 atom stereocenters. The number of carbonyl (C=O) groups is 8.